The first-order valence-corrected chi connectivity index (χ1v) is 25.9. The zero-order valence-electron chi connectivity index (χ0n) is 41.8. The summed E-state index contributed by atoms with van der Waals surface area (Å²) in [4.78, 5) is 38.1. The molecule has 2 aliphatic heterocycles. The summed E-state index contributed by atoms with van der Waals surface area (Å²) in [7, 11) is 1.67. The summed E-state index contributed by atoms with van der Waals surface area (Å²) in [5.74, 6) is 0.840. The van der Waals surface area contributed by atoms with Crippen LogP contribution in [0.4, 0.5) is 26.3 Å². The number of benzene rings is 2. The van der Waals surface area contributed by atoms with Crippen LogP contribution in [0, 0.1) is 17.8 Å². The summed E-state index contributed by atoms with van der Waals surface area (Å²) >= 11 is 0. The predicted molar refractivity (Wildman–Crippen MR) is 265 cm³/mol. The molecule has 2 N–H and O–H groups in total. The zero-order chi connectivity index (χ0) is 51.2. The quantitative estimate of drug-likeness (QED) is 0.107. The molecule has 2 unspecified atom stereocenters. The van der Waals surface area contributed by atoms with E-state index in [1.165, 1.54) is 33.4 Å². The molecule has 10 nitrogen and oxygen atoms in total. The van der Waals surface area contributed by atoms with Crippen LogP contribution >= 0.6 is 0 Å². The minimum Gasteiger partial charge on any atom is -0.487 e. The van der Waals surface area contributed by atoms with Crippen molar-refractivity contribution in [2.24, 2.45) is 17.8 Å². The van der Waals surface area contributed by atoms with Gasteiger partial charge in [0.15, 0.2) is 0 Å². The van der Waals surface area contributed by atoms with Gasteiger partial charge < -0.3 is 20.1 Å². The molecule has 2 aromatic heterocycles. The highest BCUT2D eigenvalue weighted by Gasteiger charge is 2.41. The molecule has 4 aromatic rings. The van der Waals surface area contributed by atoms with Crippen molar-refractivity contribution in [3.05, 3.63) is 128 Å². The molecule has 4 heterocycles. The molecule has 0 radical (unpaired) electrons. The molecule has 16 heteroatoms. The fraction of sp³-hybridized carbons (Fsp3) is 0.509. The maximum atomic E-state index is 14.5. The number of ether oxygens (including phenoxy) is 2. The number of pyridine rings is 2. The van der Waals surface area contributed by atoms with Crippen LogP contribution in [0.1, 0.15) is 133 Å². The van der Waals surface area contributed by atoms with E-state index in [1.807, 2.05) is 30.3 Å². The summed E-state index contributed by atoms with van der Waals surface area (Å²) in [5, 5.41) is 5.88. The SMILES string of the molecule is CNC(=O)C1CN(CC2=C(C)c3ccc(OCc4cc(C5CCCC(CNC(=O)C6CN(CC7=C(C)c8ccc(OCc9ccc(C%10CC%10)c(C(F)(F)F)n9)cc8CC7)C6)C5)c(C(F)(F)F)cn4)cc3CC2)C1. The van der Waals surface area contributed by atoms with Gasteiger partial charge in [0.2, 0.25) is 11.8 Å². The molecule has 0 spiro atoms. The Labute approximate surface area is 423 Å². The van der Waals surface area contributed by atoms with Crippen molar-refractivity contribution >= 4 is 23.0 Å². The van der Waals surface area contributed by atoms with E-state index in [2.05, 4.69) is 50.3 Å². The van der Waals surface area contributed by atoms with E-state index < -0.39 is 23.6 Å². The van der Waals surface area contributed by atoms with Crippen molar-refractivity contribution in [2.75, 3.05) is 52.9 Å². The Balaban J connectivity index is 0.690. The molecule has 10 rings (SSSR count). The van der Waals surface area contributed by atoms with Crippen LogP contribution in [0.2, 0.25) is 0 Å². The largest absolute Gasteiger partial charge is 0.487 e. The van der Waals surface area contributed by atoms with Crippen LogP contribution in [0.15, 0.2) is 71.9 Å². The van der Waals surface area contributed by atoms with Gasteiger partial charge in [-0.05, 0) is 170 Å². The molecule has 2 saturated carbocycles. The molecule has 388 valence electrons. The second-order valence-electron chi connectivity index (χ2n) is 21.3. The molecular weight excluding hydrogens is 947 g/mol. The van der Waals surface area contributed by atoms with Gasteiger partial charge in [0.1, 0.15) is 30.4 Å². The third-order valence-electron chi connectivity index (χ3n) is 16.3. The summed E-state index contributed by atoms with van der Waals surface area (Å²) in [6.07, 6.45) is -0.450. The first-order chi connectivity index (χ1) is 35.0. The summed E-state index contributed by atoms with van der Waals surface area (Å²) in [6, 6.07) is 16.5. The summed E-state index contributed by atoms with van der Waals surface area (Å²) < 4.78 is 96.8. The van der Waals surface area contributed by atoms with Crippen molar-refractivity contribution in [3.8, 4) is 11.5 Å². The van der Waals surface area contributed by atoms with Crippen LogP contribution < -0.4 is 20.1 Å². The smallest absolute Gasteiger partial charge is 0.433 e. The van der Waals surface area contributed by atoms with Crippen molar-refractivity contribution in [3.63, 3.8) is 0 Å². The monoisotopic (exact) mass is 1010 g/mol. The number of aryl methyl sites for hydroxylation is 2. The topological polar surface area (TPSA) is 109 Å². The number of halogens is 6. The number of nitrogens with one attached hydrogen (secondary N) is 2. The third-order valence-corrected chi connectivity index (χ3v) is 16.3. The van der Waals surface area contributed by atoms with E-state index in [-0.39, 0.29) is 71.4 Å². The van der Waals surface area contributed by atoms with Crippen molar-refractivity contribution in [1.29, 1.82) is 0 Å². The fourth-order valence-corrected chi connectivity index (χ4v) is 11.8. The highest BCUT2D eigenvalue weighted by atomic mass is 19.4. The molecule has 0 bridgehead atoms. The van der Waals surface area contributed by atoms with Crippen LogP contribution in [-0.2, 0) is 48.0 Å². The number of carbonyl (C=O) groups excluding carboxylic acids is 2. The van der Waals surface area contributed by atoms with Gasteiger partial charge in [0, 0.05) is 59.1 Å². The number of likely N-dealkylation sites (tertiary alicyclic amines) is 2. The highest BCUT2D eigenvalue weighted by molar-refractivity contribution is 5.80. The van der Waals surface area contributed by atoms with Crippen molar-refractivity contribution < 1.29 is 45.4 Å². The lowest BCUT2D eigenvalue weighted by Crippen LogP contribution is -2.54. The number of carbonyl (C=O) groups is 2. The van der Waals surface area contributed by atoms with E-state index in [0.29, 0.717) is 49.7 Å². The number of nitrogens with zero attached hydrogens (tertiary/aromatic N) is 4. The van der Waals surface area contributed by atoms with Gasteiger partial charge in [-0.15, -0.1) is 0 Å². The number of amides is 2. The van der Waals surface area contributed by atoms with Crippen molar-refractivity contribution in [1.82, 2.24) is 30.4 Å². The van der Waals surface area contributed by atoms with E-state index in [9.17, 15) is 35.9 Å². The van der Waals surface area contributed by atoms with E-state index >= 15 is 0 Å². The number of hydrogen-bond donors (Lipinski definition) is 2. The number of alkyl halides is 6. The van der Waals surface area contributed by atoms with Crippen LogP contribution in [-0.4, -0.2) is 84.4 Å². The first-order valence-electron chi connectivity index (χ1n) is 25.9. The third kappa shape index (κ3) is 11.5. The molecule has 4 aliphatic carbocycles. The average Bonchev–Trinajstić information content (AvgIpc) is 4.20. The Hall–Kier alpha value is -5.74. The lowest BCUT2D eigenvalue weighted by atomic mass is 9.76. The van der Waals surface area contributed by atoms with Gasteiger partial charge >= 0.3 is 12.4 Å². The molecule has 4 fully saturated rings. The molecule has 2 saturated heterocycles. The van der Waals surface area contributed by atoms with Crippen LogP contribution in [0.25, 0.3) is 11.1 Å². The number of fused-ring (bicyclic) bond motifs is 2. The van der Waals surface area contributed by atoms with E-state index in [0.717, 1.165) is 94.9 Å². The van der Waals surface area contributed by atoms with Gasteiger partial charge in [-0.3, -0.25) is 24.4 Å². The molecule has 6 aliphatic rings. The number of allylic oxidation sites excluding steroid dienone is 2. The van der Waals surface area contributed by atoms with E-state index in [1.54, 1.807) is 25.2 Å². The number of rotatable bonds is 16. The number of hydrogen-bond acceptors (Lipinski definition) is 8. The first kappa shape index (κ1) is 50.8. The lowest BCUT2D eigenvalue weighted by molar-refractivity contribution is -0.142. The minimum atomic E-state index is -4.56. The Kier molecular flexibility index (Phi) is 14.5. The molecule has 2 atom stereocenters. The van der Waals surface area contributed by atoms with Crippen molar-refractivity contribution in [2.45, 2.75) is 115 Å². The highest BCUT2D eigenvalue weighted by Crippen LogP contribution is 2.46. The minimum absolute atomic E-state index is 0.0220. The van der Waals surface area contributed by atoms with Gasteiger partial charge in [-0.25, -0.2) is 4.98 Å². The fourth-order valence-electron chi connectivity index (χ4n) is 11.8. The Morgan fingerprint density at radius 3 is 1.82 bits per heavy atom. The maximum Gasteiger partial charge on any atom is 0.433 e. The average molecular weight is 1010 g/mol. The molecule has 73 heavy (non-hydrogen) atoms. The number of aromatic nitrogens is 2. The van der Waals surface area contributed by atoms with Gasteiger partial charge in [0.25, 0.3) is 0 Å². The second-order valence-corrected chi connectivity index (χ2v) is 21.3. The predicted octanol–water partition coefficient (Wildman–Crippen LogP) is 10.7. The van der Waals surface area contributed by atoms with Crippen LogP contribution in [0.3, 0.4) is 0 Å². The second kappa shape index (κ2) is 20.9. The maximum absolute atomic E-state index is 14.5. The Bertz CT molecular complexity index is 2810. The Morgan fingerprint density at radius 1 is 0.671 bits per heavy atom. The summed E-state index contributed by atoms with van der Waals surface area (Å²) in [6.45, 7) is 9.01. The Morgan fingerprint density at radius 2 is 1.26 bits per heavy atom. The lowest BCUT2D eigenvalue weighted by Gasteiger charge is -2.40. The van der Waals surface area contributed by atoms with Gasteiger partial charge in [-0.2, -0.15) is 26.3 Å². The molecule has 2 amide bonds. The van der Waals surface area contributed by atoms with Gasteiger partial charge in [-0.1, -0.05) is 35.8 Å². The normalized spacial score (nSPS) is 21.0. The molecule has 2 aromatic carbocycles. The zero-order valence-corrected chi connectivity index (χ0v) is 41.8. The molecular formula is C57H64F6N6O4. The standard InChI is InChI=1S/C57H64F6N6O4/c1-33-40(25-68-27-42(28-68)54(70)64-3)11-10-39-21-47(15-18-49(33)39)73-32-45-22-51(52(24-65-45)56(58,59)60)37-6-4-5-35(19-37)23-66-55(71)43-29-69(30-43)26-41-12-9-38-20-46(14-17-48(38)34(41)2)72-31-44-13-16-50(36-7-8-36)53(67-44)57(61,62)63/h13-18,20-22,24,35-37,42-43H,4-12,19,23,25-32H2,1-3H3,(H,64,70)(H,66,71). The summed E-state index contributed by atoms with van der Waals surface area (Å²) in [5.41, 5.74) is 9.33. The van der Waals surface area contributed by atoms with Gasteiger partial charge in [0.05, 0.1) is 28.8 Å². The van der Waals surface area contributed by atoms with Crippen LogP contribution in [0.5, 0.6) is 11.5 Å². The van der Waals surface area contributed by atoms with E-state index in [4.69, 9.17) is 9.47 Å².